The van der Waals surface area contributed by atoms with Crippen molar-refractivity contribution in [3.8, 4) is 11.5 Å². The van der Waals surface area contributed by atoms with E-state index < -0.39 is 5.92 Å². The van der Waals surface area contributed by atoms with Crippen LogP contribution in [0.2, 0.25) is 0 Å². The molecule has 2 N–H and O–H groups in total. The maximum absolute atomic E-state index is 13.1. The van der Waals surface area contributed by atoms with Gasteiger partial charge in [0.25, 0.3) is 5.91 Å². The Morgan fingerprint density at radius 1 is 0.825 bits per heavy atom. The highest BCUT2D eigenvalue weighted by atomic mass is 16.5. The summed E-state index contributed by atoms with van der Waals surface area (Å²) in [4.78, 5) is 40.3. The van der Waals surface area contributed by atoms with Crippen LogP contribution in [0, 0.1) is 33.6 Å². The van der Waals surface area contributed by atoms with Gasteiger partial charge in [0.05, 0.1) is 5.92 Å². The number of hydrogen-bond donors (Lipinski definition) is 2. The highest BCUT2D eigenvalue weighted by molar-refractivity contribution is 6.05. The Bertz CT molecular complexity index is 1570. The predicted octanol–water partition coefficient (Wildman–Crippen LogP) is 5.89. The molecule has 1 atom stereocenters. The zero-order valence-electron chi connectivity index (χ0n) is 23.0. The third kappa shape index (κ3) is 5.76. The van der Waals surface area contributed by atoms with Crippen LogP contribution in [0.25, 0.3) is 0 Å². The molecule has 0 spiro atoms. The van der Waals surface area contributed by atoms with Crippen molar-refractivity contribution in [2.75, 3.05) is 22.2 Å². The second-order valence-electron chi connectivity index (χ2n) is 10.2. The average Bonchev–Trinajstić information content (AvgIpc) is 3.48. The molecule has 8 nitrogen and oxygen atoms in total. The molecule has 4 aromatic rings. The number of carbonyl (C=O) groups is 3. The molecule has 1 saturated heterocycles. The van der Waals surface area contributed by atoms with Crippen molar-refractivity contribution in [2.45, 2.75) is 34.1 Å². The van der Waals surface area contributed by atoms with E-state index in [4.69, 9.17) is 4.74 Å². The summed E-state index contributed by atoms with van der Waals surface area (Å²) in [5, 5.41) is 2.87. The molecule has 204 valence electrons. The molecule has 5 rings (SSSR count). The summed E-state index contributed by atoms with van der Waals surface area (Å²) >= 11 is 0. The molecule has 1 aliphatic heterocycles. The molecule has 2 heterocycles. The van der Waals surface area contributed by atoms with Gasteiger partial charge < -0.3 is 15.0 Å². The van der Waals surface area contributed by atoms with Gasteiger partial charge in [0.2, 0.25) is 11.8 Å². The van der Waals surface area contributed by atoms with Gasteiger partial charge in [-0.25, -0.2) is 0 Å². The van der Waals surface area contributed by atoms with Gasteiger partial charge in [-0.3, -0.25) is 24.5 Å². The molecule has 0 aliphatic carbocycles. The predicted molar refractivity (Wildman–Crippen MR) is 156 cm³/mol. The van der Waals surface area contributed by atoms with E-state index in [-0.39, 0.29) is 30.7 Å². The minimum Gasteiger partial charge on any atom is -0.457 e. The standard InChI is InChI=1S/C32H32N4O4/c1-20-8-13-29(16-21(20)2)40-28-14-11-27(12-15-28)35-19-25(18-30(35)37)31(38)33-26-7-5-6-24(17-26)32(39)34-36-22(3)9-10-23(36)4/h5-17,25H,18-19H2,1-4H3,(H,33,38)(H,34,39)/t25-/m1/s1. The summed E-state index contributed by atoms with van der Waals surface area (Å²) in [7, 11) is 0. The molecule has 1 aliphatic rings. The zero-order valence-corrected chi connectivity index (χ0v) is 23.0. The fraction of sp³-hybridized carbons (Fsp3) is 0.219. The third-order valence-corrected chi connectivity index (χ3v) is 7.24. The van der Waals surface area contributed by atoms with Gasteiger partial charge >= 0.3 is 0 Å². The van der Waals surface area contributed by atoms with Gasteiger partial charge in [0.15, 0.2) is 0 Å². The third-order valence-electron chi connectivity index (χ3n) is 7.24. The fourth-order valence-electron chi connectivity index (χ4n) is 4.73. The van der Waals surface area contributed by atoms with Crippen molar-refractivity contribution in [1.29, 1.82) is 0 Å². The van der Waals surface area contributed by atoms with Gasteiger partial charge in [-0.05, 0) is 106 Å². The van der Waals surface area contributed by atoms with Crippen LogP contribution in [0.15, 0.2) is 78.9 Å². The molecule has 3 aromatic carbocycles. The van der Waals surface area contributed by atoms with Crippen LogP contribution < -0.4 is 20.4 Å². The van der Waals surface area contributed by atoms with E-state index in [0.29, 0.717) is 22.7 Å². The van der Waals surface area contributed by atoms with Gasteiger partial charge in [-0.2, -0.15) is 0 Å². The minimum atomic E-state index is -0.512. The van der Waals surface area contributed by atoms with Crippen molar-refractivity contribution >= 4 is 29.1 Å². The van der Waals surface area contributed by atoms with Gasteiger partial charge in [-0.1, -0.05) is 12.1 Å². The Kier molecular flexibility index (Phi) is 7.42. The largest absolute Gasteiger partial charge is 0.457 e. The summed E-state index contributed by atoms with van der Waals surface area (Å²) < 4.78 is 7.67. The number of rotatable bonds is 7. The van der Waals surface area contributed by atoms with Gasteiger partial charge in [-0.15, -0.1) is 0 Å². The number of benzene rings is 3. The maximum Gasteiger partial charge on any atom is 0.270 e. The number of nitrogens with zero attached hydrogens (tertiary/aromatic N) is 2. The van der Waals surface area contributed by atoms with Crippen LogP contribution in [0.1, 0.15) is 39.3 Å². The molecular formula is C32H32N4O4. The first-order chi connectivity index (χ1) is 19.2. The highest BCUT2D eigenvalue weighted by Crippen LogP contribution is 2.30. The lowest BCUT2D eigenvalue weighted by Crippen LogP contribution is -2.28. The topological polar surface area (TPSA) is 92.7 Å². The van der Waals surface area contributed by atoms with Crippen LogP contribution >= 0.6 is 0 Å². The van der Waals surface area contributed by atoms with E-state index in [1.165, 1.54) is 5.56 Å². The van der Waals surface area contributed by atoms with Crippen LogP contribution in [0.3, 0.4) is 0 Å². The lowest BCUT2D eigenvalue weighted by Gasteiger charge is -2.17. The summed E-state index contributed by atoms with van der Waals surface area (Å²) in [5.74, 6) is 0.237. The molecule has 3 amide bonds. The maximum atomic E-state index is 13.1. The first-order valence-corrected chi connectivity index (χ1v) is 13.2. The Morgan fingerprint density at radius 2 is 1.52 bits per heavy atom. The van der Waals surface area contributed by atoms with Crippen LogP contribution in [-0.2, 0) is 9.59 Å². The molecule has 1 fully saturated rings. The second-order valence-corrected chi connectivity index (χ2v) is 10.2. The molecule has 0 radical (unpaired) electrons. The Labute approximate surface area is 233 Å². The smallest absolute Gasteiger partial charge is 0.270 e. The van der Waals surface area contributed by atoms with E-state index >= 15 is 0 Å². The number of hydrogen-bond acceptors (Lipinski definition) is 4. The lowest BCUT2D eigenvalue weighted by molar-refractivity contribution is -0.122. The second kappa shape index (κ2) is 11.1. The minimum absolute atomic E-state index is 0.110. The van der Waals surface area contributed by atoms with Crippen molar-refractivity contribution in [3.63, 3.8) is 0 Å². The Balaban J connectivity index is 1.20. The average molecular weight is 537 g/mol. The molecule has 0 bridgehead atoms. The first-order valence-electron chi connectivity index (χ1n) is 13.2. The van der Waals surface area contributed by atoms with E-state index in [2.05, 4.69) is 17.7 Å². The summed E-state index contributed by atoms with van der Waals surface area (Å²) in [5.41, 5.74) is 8.66. The summed E-state index contributed by atoms with van der Waals surface area (Å²) in [6.45, 7) is 8.18. The van der Waals surface area contributed by atoms with Gasteiger partial charge in [0.1, 0.15) is 11.5 Å². The molecular weight excluding hydrogens is 504 g/mol. The Hall–Kier alpha value is -4.85. The quantitative estimate of drug-likeness (QED) is 0.308. The number of ether oxygens (including phenoxy) is 1. The monoisotopic (exact) mass is 536 g/mol. The van der Waals surface area contributed by atoms with E-state index in [9.17, 15) is 14.4 Å². The lowest BCUT2D eigenvalue weighted by atomic mass is 10.1. The Morgan fingerprint density at radius 3 is 2.23 bits per heavy atom. The van der Waals surface area contributed by atoms with Crippen LogP contribution in [-0.4, -0.2) is 28.9 Å². The number of nitrogens with one attached hydrogen (secondary N) is 2. The molecule has 0 saturated carbocycles. The zero-order chi connectivity index (χ0) is 28.4. The molecule has 40 heavy (non-hydrogen) atoms. The van der Waals surface area contributed by atoms with Crippen molar-refractivity contribution < 1.29 is 19.1 Å². The molecule has 0 unspecified atom stereocenters. The van der Waals surface area contributed by atoms with Crippen LogP contribution in [0.5, 0.6) is 11.5 Å². The summed E-state index contributed by atoms with van der Waals surface area (Å²) in [6.07, 6.45) is 0.110. The first kappa shape index (κ1) is 26.7. The van der Waals surface area contributed by atoms with Crippen LogP contribution in [0.4, 0.5) is 11.4 Å². The fourth-order valence-corrected chi connectivity index (χ4v) is 4.73. The number of aryl methyl sites for hydroxylation is 4. The van der Waals surface area contributed by atoms with Crippen molar-refractivity contribution in [1.82, 2.24) is 4.68 Å². The van der Waals surface area contributed by atoms with Crippen molar-refractivity contribution in [2.24, 2.45) is 5.92 Å². The molecule has 8 heteroatoms. The van der Waals surface area contributed by atoms with E-state index in [1.54, 1.807) is 33.8 Å². The normalized spacial score (nSPS) is 14.8. The van der Waals surface area contributed by atoms with Gasteiger partial charge in [0, 0.05) is 41.3 Å². The van der Waals surface area contributed by atoms with E-state index in [0.717, 1.165) is 22.7 Å². The number of anilines is 2. The number of carbonyl (C=O) groups excluding carboxylic acids is 3. The number of aromatic nitrogens is 1. The number of amides is 3. The summed E-state index contributed by atoms with van der Waals surface area (Å²) in [6, 6.07) is 23.8. The SMILES string of the molecule is Cc1ccc(Oc2ccc(N3C[C@H](C(=O)Nc4cccc(C(=O)Nn5c(C)ccc5C)c4)CC3=O)cc2)cc1C. The van der Waals surface area contributed by atoms with E-state index in [1.807, 2.05) is 75.4 Å². The molecule has 1 aromatic heterocycles. The highest BCUT2D eigenvalue weighted by Gasteiger charge is 2.35. The van der Waals surface area contributed by atoms with Crippen molar-refractivity contribution in [3.05, 3.63) is 107 Å².